The normalized spacial score (nSPS) is 52.2. The molecule has 0 spiro atoms. The van der Waals surface area contributed by atoms with Crippen molar-refractivity contribution in [2.24, 2.45) is 5.92 Å². The number of fused-ring (bicyclic) bond motifs is 1. The van der Waals surface area contributed by atoms with Crippen LogP contribution >= 0.6 is 15.9 Å². The lowest BCUT2D eigenvalue weighted by atomic mass is 9.98. The van der Waals surface area contributed by atoms with E-state index >= 15 is 0 Å². The number of methoxy groups -OCH3 is 1. The molecular weight excluding hydrogens is 192 g/mol. The Kier molecular flexibility index (Phi) is 1.57. The monoisotopic (exact) mass is 204 g/mol. The molecule has 0 saturated heterocycles. The van der Waals surface area contributed by atoms with E-state index in [-0.39, 0.29) is 5.60 Å². The van der Waals surface area contributed by atoms with Gasteiger partial charge in [0.15, 0.2) is 0 Å². The summed E-state index contributed by atoms with van der Waals surface area (Å²) in [6, 6.07) is 0. The highest BCUT2D eigenvalue weighted by molar-refractivity contribution is 9.09. The average molecular weight is 205 g/mol. The maximum atomic E-state index is 5.52. The van der Waals surface area contributed by atoms with Gasteiger partial charge in [-0.05, 0) is 12.8 Å². The third kappa shape index (κ3) is 0.722. The van der Waals surface area contributed by atoms with Crippen LogP contribution < -0.4 is 0 Å². The van der Waals surface area contributed by atoms with Crippen molar-refractivity contribution in [2.45, 2.75) is 36.1 Å². The molecule has 2 aliphatic carbocycles. The summed E-state index contributed by atoms with van der Waals surface area (Å²) in [6.07, 6.45) is 5.39. The Hall–Kier alpha value is 0.440. The van der Waals surface area contributed by atoms with Crippen LogP contribution in [0, 0.1) is 5.92 Å². The van der Waals surface area contributed by atoms with Gasteiger partial charge in [-0.15, -0.1) is 0 Å². The number of halogens is 1. The van der Waals surface area contributed by atoms with Gasteiger partial charge in [0.2, 0.25) is 0 Å². The van der Waals surface area contributed by atoms with Gasteiger partial charge in [0.05, 0.1) is 5.60 Å². The van der Waals surface area contributed by atoms with Crippen molar-refractivity contribution >= 4 is 15.9 Å². The van der Waals surface area contributed by atoms with Crippen molar-refractivity contribution in [3.05, 3.63) is 0 Å². The summed E-state index contributed by atoms with van der Waals surface area (Å²) in [5.74, 6) is 0.825. The Morgan fingerprint density at radius 2 is 2.30 bits per heavy atom. The number of alkyl halides is 1. The molecule has 2 heteroatoms. The number of ether oxygens (including phenoxy) is 1. The van der Waals surface area contributed by atoms with Crippen molar-refractivity contribution in [3.63, 3.8) is 0 Å². The summed E-state index contributed by atoms with van der Waals surface area (Å²) in [4.78, 5) is 0.660. The lowest BCUT2D eigenvalue weighted by molar-refractivity contribution is 0.0455. The lowest BCUT2D eigenvalue weighted by Crippen LogP contribution is -2.19. The largest absolute Gasteiger partial charge is 0.377 e. The van der Waals surface area contributed by atoms with E-state index in [1.807, 2.05) is 7.11 Å². The van der Waals surface area contributed by atoms with Crippen LogP contribution in [0.2, 0.25) is 0 Å². The van der Waals surface area contributed by atoms with Crippen molar-refractivity contribution in [1.82, 2.24) is 0 Å². The highest BCUT2D eigenvalue weighted by Crippen LogP contribution is 2.59. The van der Waals surface area contributed by atoms with Crippen LogP contribution in [-0.4, -0.2) is 17.5 Å². The van der Waals surface area contributed by atoms with E-state index in [0.29, 0.717) is 4.83 Å². The highest BCUT2D eigenvalue weighted by atomic mass is 79.9. The van der Waals surface area contributed by atoms with Gasteiger partial charge < -0.3 is 4.74 Å². The molecule has 0 radical (unpaired) electrons. The molecule has 2 aliphatic rings. The second-order valence-corrected chi connectivity index (χ2v) is 4.40. The average Bonchev–Trinajstić information content (AvgIpc) is 2.60. The number of hydrogen-bond donors (Lipinski definition) is 0. The SMILES string of the molecule is CO[C@@]12CCCC[C@@H]1C2Br. The zero-order valence-electron chi connectivity index (χ0n) is 6.27. The second kappa shape index (κ2) is 2.21. The molecule has 0 aromatic carbocycles. The smallest absolute Gasteiger partial charge is 0.0846 e. The molecule has 3 atom stereocenters. The molecule has 0 N–H and O–H groups in total. The zero-order chi connectivity index (χ0) is 7.19. The summed E-state index contributed by atoms with van der Waals surface area (Å²) in [5, 5.41) is 0. The summed E-state index contributed by atoms with van der Waals surface area (Å²) in [5.41, 5.74) is 0.262. The molecule has 1 unspecified atom stereocenters. The summed E-state index contributed by atoms with van der Waals surface area (Å²) in [7, 11) is 1.85. The van der Waals surface area contributed by atoms with Crippen LogP contribution in [0.25, 0.3) is 0 Å². The van der Waals surface area contributed by atoms with Gasteiger partial charge in [-0.1, -0.05) is 28.8 Å². The first kappa shape index (κ1) is 7.11. The van der Waals surface area contributed by atoms with Gasteiger partial charge in [-0.2, -0.15) is 0 Å². The standard InChI is InChI=1S/C8H13BrO/c1-10-8-5-3-2-4-6(8)7(8)9/h6-7H,2-5H2,1H3/t6-,7?,8+/m1/s1. The Morgan fingerprint density at radius 1 is 1.50 bits per heavy atom. The molecular formula is C8H13BrO. The fourth-order valence-corrected chi connectivity index (χ4v) is 3.60. The predicted octanol–water partition coefficient (Wildman–Crippen LogP) is 2.34. The van der Waals surface area contributed by atoms with E-state index in [4.69, 9.17) is 4.74 Å². The number of rotatable bonds is 1. The predicted molar refractivity (Wildman–Crippen MR) is 44.4 cm³/mol. The van der Waals surface area contributed by atoms with E-state index < -0.39 is 0 Å². The van der Waals surface area contributed by atoms with Crippen molar-refractivity contribution in [2.75, 3.05) is 7.11 Å². The fraction of sp³-hybridized carbons (Fsp3) is 1.00. The minimum Gasteiger partial charge on any atom is -0.377 e. The first-order valence-corrected chi connectivity index (χ1v) is 4.92. The molecule has 1 nitrogen and oxygen atoms in total. The molecule has 0 aliphatic heterocycles. The molecule has 2 fully saturated rings. The summed E-state index contributed by atoms with van der Waals surface area (Å²) in [6.45, 7) is 0. The molecule has 0 amide bonds. The van der Waals surface area contributed by atoms with Gasteiger partial charge >= 0.3 is 0 Å². The first-order chi connectivity index (χ1) is 4.81. The molecule has 10 heavy (non-hydrogen) atoms. The Balaban J connectivity index is 2.09. The van der Waals surface area contributed by atoms with Crippen LogP contribution in [-0.2, 0) is 4.74 Å². The number of hydrogen-bond acceptors (Lipinski definition) is 1. The van der Waals surface area contributed by atoms with E-state index in [9.17, 15) is 0 Å². The summed E-state index contributed by atoms with van der Waals surface area (Å²) < 4.78 is 5.52. The van der Waals surface area contributed by atoms with Gasteiger partial charge in [0.1, 0.15) is 0 Å². The Bertz CT molecular complexity index is 148. The fourth-order valence-electron chi connectivity index (χ4n) is 2.29. The maximum absolute atomic E-state index is 5.52. The van der Waals surface area contributed by atoms with Crippen LogP contribution in [0.5, 0.6) is 0 Å². The van der Waals surface area contributed by atoms with Crippen LogP contribution in [0.3, 0.4) is 0 Å². The molecule has 0 aromatic heterocycles. The van der Waals surface area contributed by atoms with Crippen molar-refractivity contribution in [3.8, 4) is 0 Å². The van der Waals surface area contributed by atoms with E-state index in [2.05, 4.69) is 15.9 Å². The van der Waals surface area contributed by atoms with E-state index in [0.717, 1.165) is 5.92 Å². The highest BCUT2D eigenvalue weighted by Gasteiger charge is 2.64. The Labute approximate surface area is 70.3 Å². The van der Waals surface area contributed by atoms with E-state index in [1.165, 1.54) is 25.7 Å². The van der Waals surface area contributed by atoms with Gasteiger partial charge in [0.25, 0.3) is 0 Å². The zero-order valence-corrected chi connectivity index (χ0v) is 7.86. The van der Waals surface area contributed by atoms with Crippen LogP contribution in [0.15, 0.2) is 0 Å². The van der Waals surface area contributed by atoms with Gasteiger partial charge in [-0.25, -0.2) is 0 Å². The molecule has 2 rings (SSSR count). The minimum absolute atomic E-state index is 0.262. The minimum atomic E-state index is 0.262. The lowest BCUT2D eigenvalue weighted by Gasteiger charge is -2.19. The van der Waals surface area contributed by atoms with Crippen molar-refractivity contribution in [1.29, 1.82) is 0 Å². The van der Waals surface area contributed by atoms with Gasteiger partial charge in [-0.3, -0.25) is 0 Å². The van der Waals surface area contributed by atoms with Gasteiger partial charge in [0, 0.05) is 17.9 Å². The molecule has 58 valence electrons. The van der Waals surface area contributed by atoms with Crippen LogP contribution in [0.1, 0.15) is 25.7 Å². The molecule has 0 heterocycles. The molecule has 0 aromatic rings. The third-order valence-electron chi connectivity index (χ3n) is 3.05. The summed E-state index contributed by atoms with van der Waals surface area (Å²) >= 11 is 3.67. The van der Waals surface area contributed by atoms with Crippen molar-refractivity contribution < 1.29 is 4.74 Å². The van der Waals surface area contributed by atoms with E-state index in [1.54, 1.807) is 0 Å². The first-order valence-electron chi connectivity index (χ1n) is 4.00. The molecule has 0 bridgehead atoms. The topological polar surface area (TPSA) is 9.23 Å². The third-order valence-corrected chi connectivity index (χ3v) is 4.46. The quantitative estimate of drug-likeness (QED) is 0.597. The molecule has 2 saturated carbocycles. The maximum Gasteiger partial charge on any atom is 0.0846 e. The van der Waals surface area contributed by atoms with Crippen LogP contribution in [0.4, 0.5) is 0 Å². The second-order valence-electron chi connectivity index (χ2n) is 3.41. The Morgan fingerprint density at radius 3 is 2.80 bits per heavy atom.